The molecule has 4 nitrogen and oxygen atoms in total. The van der Waals surface area contributed by atoms with E-state index in [4.69, 9.17) is 0 Å². The SMILES string of the molecule is CN1C=C/C(=C\N=Nc2ccccc2O)c2ccccc21. The summed E-state index contributed by atoms with van der Waals surface area (Å²) in [6.45, 7) is 0. The minimum Gasteiger partial charge on any atom is -0.506 e. The van der Waals surface area contributed by atoms with Crippen molar-refractivity contribution >= 4 is 16.9 Å². The van der Waals surface area contributed by atoms with Gasteiger partial charge in [0.1, 0.15) is 11.4 Å². The molecule has 104 valence electrons. The first-order valence-electron chi connectivity index (χ1n) is 6.65. The topological polar surface area (TPSA) is 48.2 Å². The number of benzene rings is 2. The maximum atomic E-state index is 9.64. The quantitative estimate of drug-likeness (QED) is 0.823. The van der Waals surface area contributed by atoms with Crippen molar-refractivity contribution in [2.24, 2.45) is 10.2 Å². The van der Waals surface area contributed by atoms with Gasteiger partial charge in [0.2, 0.25) is 0 Å². The van der Waals surface area contributed by atoms with E-state index in [1.165, 1.54) is 0 Å². The smallest absolute Gasteiger partial charge is 0.143 e. The number of para-hydroxylation sites is 2. The van der Waals surface area contributed by atoms with Crippen LogP contribution < -0.4 is 4.90 Å². The standard InChI is InChI=1S/C17H15N3O/c1-20-11-10-13(14-6-2-4-8-16(14)20)12-18-19-15-7-3-5-9-17(15)21/h2-12,21H,1H3/b13-12+,19-18?. The molecule has 1 heterocycles. The number of azo groups is 1. The summed E-state index contributed by atoms with van der Waals surface area (Å²) in [4.78, 5) is 2.06. The van der Waals surface area contributed by atoms with Crippen molar-refractivity contribution in [1.82, 2.24) is 0 Å². The summed E-state index contributed by atoms with van der Waals surface area (Å²) in [7, 11) is 2.01. The Kier molecular flexibility index (Phi) is 3.51. The van der Waals surface area contributed by atoms with Crippen molar-refractivity contribution < 1.29 is 5.11 Å². The summed E-state index contributed by atoms with van der Waals surface area (Å²) < 4.78 is 0. The van der Waals surface area contributed by atoms with Gasteiger partial charge in [-0.2, -0.15) is 5.11 Å². The van der Waals surface area contributed by atoms with E-state index in [2.05, 4.69) is 27.3 Å². The molecular weight excluding hydrogens is 262 g/mol. The number of nitrogens with zero attached hydrogens (tertiary/aromatic N) is 3. The van der Waals surface area contributed by atoms with Crippen molar-refractivity contribution in [3.05, 3.63) is 72.6 Å². The van der Waals surface area contributed by atoms with Gasteiger partial charge >= 0.3 is 0 Å². The monoisotopic (exact) mass is 277 g/mol. The number of hydrogen-bond acceptors (Lipinski definition) is 4. The molecule has 4 heteroatoms. The Morgan fingerprint density at radius 2 is 1.81 bits per heavy atom. The van der Waals surface area contributed by atoms with Crippen LogP contribution in [0, 0.1) is 0 Å². The molecule has 0 radical (unpaired) electrons. The zero-order chi connectivity index (χ0) is 14.7. The van der Waals surface area contributed by atoms with Crippen LogP contribution in [0.2, 0.25) is 0 Å². The average molecular weight is 277 g/mol. The van der Waals surface area contributed by atoms with E-state index in [0.29, 0.717) is 5.69 Å². The second kappa shape index (κ2) is 5.63. The van der Waals surface area contributed by atoms with Crippen LogP contribution in [0.1, 0.15) is 5.56 Å². The van der Waals surface area contributed by atoms with Gasteiger partial charge in [-0.05, 0) is 24.3 Å². The normalized spacial score (nSPS) is 15.7. The van der Waals surface area contributed by atoms with Gasteiger partial charge in [0.25, 0.3) is 0 Å². The third-order valence-electron chi connectivity index (χ3n) is 3.32. The van der Waals surface area contributed by atoms with Gasteiger partial charge in [0.05, 0.1) is 6.20 Å². The summed E-state index contributed by atoms with van der Waals surface area (Å²) in [5.74, 6) is 0.124. The number of aromatic hydroxyl groups is 1. The maximum absolute atomic E-state index is 9.64. The van der Waals surface area contributed by atoms with Crippen LogP contribution in [0.4, 0.5) is 11.4 Å². The highest BCUT2D eigenvalue weighted by Crippen LogP contribution is 2.32. The highest BCUT2D eigenvalue weighted by Gasteiger charge is 2.12. The lowest BCUT2D eigenvalue weighted by Crippen LogP contribution is -2.13. The second-order valence-electron chi connectivity index (χ2n) is 4.73. The molecule has 2 aromatic rings. The van der Waals surface area contributed by atoms with Gasteiger partial charge in [-0.15, -0.1) is 5.11 Å². The molecule has 0 amide bonds. The highest BCUT2D eigenvalue weighted by molar-refractivity contribution is 5.85. The molecule has 0 fully saturated rings. The van der Waals surface area contributed by atoms with E-state index >= 15 is 0 Å². The molecule has 0 aliphatic carbocycles. The third-order valence-corrected chi connectivity index (χ3v) is 3.32. The molecule has 1 aliphatic heterocycles. The fraction of sp³-hybridized carbons (Fsp3) is 0.0588. The molecule has 0 saturated carbocycles. The van der Waals surface area contributed by atoms with Gasteiger partial charge in [-0.1, -0.05) is 30.3 Å². The Bertz CT molecular complexity index is 747. The number of hydrogen-bond donors (Lipinski definition) is 1. The first-order valence-corrected chi connectivity index (χ1v) is 6.65. The minimum absolute atomic E-state index is 0.124. The first-order chi connectivity index (χ1) is 10.3. The molecule has 0 bridgehead atoms. The molecule has 0 saturated heterocycles. The zero-order valence-corrected chi connectivity index (χ0v) is 11.6. The molecule has 0 unspecified atom stereocenters. The lowest BCUT2D eigenvalue weighted by atomic mass is 10.0. The van der Waals surface area contributed by atoms with Crippen LogP contribution in [0.3, 0.4) is 0 Å². The fourth-order valence-electron chi connectivity index (χ4n) is 2.20. The summed E-state index contributed by atoms with van der Waals surface area (Å²) in [6.07, 6.45) is 5.69. The van der Waals surface area contributed by atoms with Crippen LogP contribution in [0.15, 0.2) is 77.2 Å². The summed E-state index contributed by atoms with van der Waals surface area (Å²) >= 11 is 0. The largest absolute Gasteiger partial charge is 0.506 e. The van der Waals surface area contributed by atoms with Gasteiger partial charge in [-0.3, -0.25) is 0 Å². The van der Waals surface area contributed by atoms with Crippen molar-refractivity contribution in [1.29, 1.82) is 0 Å². The van der Waals surface area contributed by atoms with Crippen molar-refractivity contribution in [2.45, 2.75) is 0 Å². The van der Waals surface area contributed by atoms with Gasteiger partial charge in [0, 0.05) is 30.1 Å². The number of phenols is 1. The van der Waals surface area contributed by atoms with E-state index < -0.39 is 0 Å². The second-order valence-corrected chi connectivity index (χ2v) is 4.73. The molecule has 0 spiro atoms. The third kappa shape index (κ3) is 2.69. The predicted octanol–water partition coefficient (Wildman–Crippen LogP) is 4.48. The molecule has 0 aromatic heterocycles. The molecule has 1 N–H and O–H groups in total. The van der Waals surface area contributed by atoms with E-state index in [9.17, 15) is 5.11 Å². The number of fused-ring (bicyclic) bond motifs is 1. The fourth-order valence-corrected chi connectivity index (χ4v) is 2.20. The lowest BCUT2D eigenvalue weighted by molar-refractivity contribution is 0.476. The van der Waals surface area contributed by atoms with Crippen molar-refractivity contribution in [3.63, 3.8) is 0 Å². The first kappa shape index (κ1) is 13.1. The van der Waals surface area contributed by atoms with E-state index in [-0.39, 0.29) is 5.75 Å². The molecule has 3 rings (SSSR count). The Hall–Kier alpha value is -2.88. The Balaban J connectivity index is 1.91. The highest BCUT2D eigenvalue weighted by atomic mass is 16.3. The molecule has 0 atom stereocenters. The van der Waals surface area contributed by atoms with Crippen molar-refractivity contribution in [3.8, 4) is 5.75 Å². The number of anilines is 1. The predicted molar refractivity (Wildman–Crippen MR) is 84.6 cm³/mol. The maximum Gasteiger partial charge on any atom is 0.143 e. The van der Waals surface area contributed by atoms with E-state index in [1.54, 1.807) is 24.4 Å². The van der Waals surface area contributed by atoms with Gasteiger partial charge in [0.15, 0.2) is 0 Å². The Morgan fingerprint density at radius 1 is 1.05 bits per heavy atom. The van der Waals surface area contributed by atoms with Crippen LogP contribution in [0.25, 0.3) is 5.57 Å². The number of rotatable bonds is 2. The lowest BCUT2D eigenvalue weighted by Gasteiger charge is -2.23. The minimum atomic E-state index is 0.124. The van der Waals surface area contributed by atoms with Crippen LogP contribution in [0.5, 0.6) is 5.75 Å². The van der Waals surface area contributed by atoms with Crippen molar-refractivity contribution in [2.75, 3.05) is 11.9 Å². The Morgan fingerprint density at radius 3 is 2.67 bits per heavy atom. The van der Waals surface area contributed by atoms with Crippen LogP contribution in [-0.4, -0.2) is 12.2 Å². The van der Waals surface area contributed by atoms with Gasteiger partial charge in [-0.25, -0.2) is 0 Å². The number of allylic oxidation sites excluding steroid dienone is 2. The van der Waals surface area contributed by atoms with Gasteiger partial charge < -0.3 is 10.0 Å². The van der Waals surface area contributed by atoms with Crippen LogP contribution >= 0.6 is 0 Å². The van der Waals surface area contributed by atoms with Crippen LogP contribution in [-0.2, 0) is 0 Å². The zero-order valence-electron chi connectivity index (χ0n) is 11.6. The summed E-state index contributed by atoms with van der Waals surface area (Å²) in [6, 6.07) is 15.0. The molecule has 1 aliphatic rings. The summed E-state index contributed by atoms with van der Waals surface area (Å²) in [5, 5.41) is 17.8. The molecule has 2 aromatic carbocycles. The summed E-state index contributed by atoms with van der Waals surface area (Å²) in [5.41, 5.74) is 3.69. The average Bonchev–Trinajstić information content (AvgIpc) is 2.52. The molecule has 21 heavy (non-hydrogen) atoms. The number of phenolic OH excluding ortho intramolecular Hbond substituents is 1. The Labute approximate surface area is 123 Å². The molecular formula is C17H15N3O. The van der Waals surface area contributed by atoms with E-state index in [1.807, 2.05) is 37.5 Å². The van der Waals surface area contributed by atoms with E-state index in [0.717, 1.165) is 16.8 Å².